The Morgan fingerprint density at radius 3 is 2.68 bits per heavy atom. The number of amides is 1. The van der Waals surface area contributed by atoms with Gasteiger partial charge in [0.2, 0.25) is 0 Å². The van der Waals surface area contributed by atoms with Crippen molar-refractivity contribution < 1.29 is 14.6 Å². The lowest BCUT2D eigenvalue weighted by Crippen LogP contribution is -2.60. The zero-order valence-corrected chi connectivity index (χ0v) is 23.4. The van der Waals surface area contributed by atoms with Gasteiger partial charge < -0.3 is 19.3 Å². The van der Waals surface area contributed by atoms with Crippen molar-refractivity contribution in [3.8, 4) is 17.3 Å². The fraction of sp³-hybridized carbons (Fsp3) is 0.577. The highest BCUT2D eigenvalue weighted by atomic mass is 28.3. The van der Waals surface area contributed by atoms with Gasteiger partial charge in [0, 0.05) is 70.2 Å². The summed E-state index contributed by atoms with van der Waals surface area (Å²) >= 11 is 0. The minimum atomic E-state index is -1.14. The van der Waals surface area contributed by atoms with Gasteiger partial charge in [-0.3, -0.25) is 9.58 Å². The summed E-state index contributed by atoms with van der Waals surface area (Å²) in [6, 6.07) is 5.83. The fourth-order valence-electron chi connectivity index (χ4n) is 5.50. The molecule has 1 aliphatic heterocycles. The Kier molecular flexibility index (Phi) is 7.26. The van der Waals surface area contributed by atoms with E-state index in [1.165, 1.54) is 4.90 Å². The number of carboxylic acid groups (broad SMARTS) is 1. The molecule has 0 atom stereocenters. The van der Waals surface area contributed by atoms with Crippen LogP contribution < -0.4 is 0 Å². The summed E-state index contributed by atoms with van der Waals surface area (Å²) in [5.74, 6) is 0. The van der Waals surface area contributed by atoms with Gasteiger partial charge in [-0.05, 0) is 25.0 Å². The summed E-state index contributed by atoms with van der Waals surface area (Å²) in [5.41, 5.74) is 2.18. The van der Waals surface area contributed by atoms with Crippen LogP contribution in [0.25, 0.3) is 22.3 Å². The highest BCUT2D eigenvalue weighted by molar-refractivity contribution is 6.76. The van der Waals surface area contributed by atoms with Crippen molar-refractivity contribution in [1.82, 2.24) is 34.1 Å². The third kappa shape index (κ3) is 5.32. The van der Waals surface area contributed by atoms with E-state index in [1.807, 2.05) is 33.9 Å². The van der Waals surface area contributed by atoms with Crippen LogP contribution in [0.15, 0.2) is 31.0 Å². The molecule has 0 bridgehead atoms. The maximum Gasteiger partial charge on any atom is 0.407 e. The van der Waals surface area contributed by atoms with Crippen LogP contribution >= 0.6 is 0 Å². The lowest BCUT2D eigenvalue weighted by molar-refractivity contribution is -0.0157. The average Bonchev–Trinajstić information content (AvgIpc) is 3.51. The molecule has 12 heteroatoms. The van der Waals surface area contributed by atoms with E-state index in [1.54, 1.807) is 6.33 Å². The number of hydrogen-bond acceptors (Lipinski definition) is 7. The molecule has 3 aromatic rings. The van der Waals surface area contributed by atoms with Gasteiger partial charge in [-0.2, -0.15) is 10.4 Å². The predicted molar refractivity (Wildman–Crippen MR) is 145 cm³/mol. The monoisotopic (exact) mass is 536 g/mol. The van der Waals surface area contributed by atoms with Crippen molar-refractivity contribution in [2.75, 3.05) is 32.8 Å². The molecular weight excluding hydrogens is 500 g/mol. The molecule has 1 N–H and O–H groups in total. The van der Waals surface area contributed by atoms with Gasteiger partial charge in [0.15, 0.2) is 0 Å². The van der Waals surface area contributed by atoms with Crippen LogP contribution in [0.1, 0.15) is 19.3 Å². The highest BCUT2D eigenvalue weighted by Gasteiger charge is 2.49. The summed E-state index contributed by atoms with van der Waals surface area (Å²) in [6.07, 6.45) is 8.54. The fourth-order valence-corrected chi connectivity index (χ4v) is 6.25. The van der Waals surface area contributed by atoms with Gasteiger partial charge in [-0.1, -0.05) is 19.6 Å². The van der Waals surface area contributed by atoms with E-state index < -0.39 is 14.2 Å². The summed E-state index contributed by atoms with van der Waals surface area (Å²) in [6.45, 7) is 10.7. The number of nitrogens with zero attached hydrogens (tertiary/aromatic N) is 8. The number of nitriles is 1. The highest BCUT2D eigenvalue weighted by Crippen LogP contribution is 2.45. The molecule has 0 unspecified atom stereocenters. The molecular formula is C26H36N8O3Si. The first-order chi connectivity index (χ1) is 18.2. The molecule has 0 aromatic carbocycles. The first kappa shape index (κ1) is 26.3. The first-order valence-electron chi connectivity index (χ1n) is 13.2. The topological polar surface area (TPSA) is 125 Å². The Bertz CT molecular complexity index is 1330. The SMILES string of the molecule is C[Si](C)(C)CCOCn1ccc2c(-c3cnn([C@]4(CC#N)C[C@H](N5CCN(C(=O)O)CC5)C4)c3)ncnc21. The summed E-state index contributed by atoms with van der Waals surface area (Å²) in [5, 5.41) is 24.5. The van der Waals surface area contributed by atoms with Gasteiger partial charge in [-0.15, -0.1) is 0 Å². The summed E-state index contributed by atoms with van der Waals surface area (Å²) in [4.78, 5) is 24.1. The van der Waals surface area contributed by atoms with Gasteiger partial charge in [-0.25, -0.2) is 14.8 Å². The summed E-state index contributed by atoms with van der Waals surface area (Å²) < 4.78 is 9.89. The molecule has 1 amide bonds. The maximum atomic E-state index is 11.2. The van der Waals surface area contributed by atoms with Gasteiger partial charge >= 0.3 is 6.09 Å². The molecule has 0 spiro atoms. The quantitative estimate of drug-likeness (QED) is 0.324. The minimum absolute atomic E-state index is 0.327. The van der Waals surface area contributed by atoms with E-state index in [2.05, 4.69) is 40.6 Å². The lowest BCUT2D eigenvalue weighted by Gasteiger charge is -2.52. The van der Waals surface area contributed by atoms with Crippen LogP contribution in [0.2, 0.25) is 25.7 Å². The average molecular weight is 537 g/mol. The van der Waals surface area contributed by atoms with Crippen molar-refractivity contribution in [2.24, 2.45) is 0 Å². The van der Waals surface area contributed by atoms with E-state index >= 15 is 0 Å². The van der Waals surface area contributed by atoms with E-state index in [-0.39, 0.29) is 5.54 Å². The van der Waals surface area contributed by atoms with Crippen molar-refractivity contribution in [3.05, 3.63) is 31.0 Å². The molecule has 2 fully saturated rings. The van der Waals surface area contributed by atoms with Crippen molar-refractivity contribution >= 4 is 25.2 Å². The molecule has 3 aromatic heterocycles. The summed E-state index contributed by atoms with van der Waals surface area (Å²) in [7, 11) is -1.14. The second kappa shape index (κ2) is 10.5. The van der Waals surface area contributed by atoms with E-state index in [0.29, 0.717) is 32.3 Å². The largest absolute Gasteiger partial charge is 0.465 e. The van der Waals surface area contributed by atoms with E-state index in [9.17, 15) is 15.2 Å². The zero-order valence-electron chi connectivity index (χ0n) is 22.4. The molecule has 1 aliphatic carbocycles. The van der Waals surface area contributed by atoms with Crippen molar-refractivity contribution in [2.45, 2.75) is 63.3 Å². The molecule has 4 heterocycles. The van der Waals surface area contributed by atoms with Crippen molar-refractivity contribution in [3.63, 3.8) is 0 Å². The minimum Gasteiger partial charge on any atom is -0.465 e. The smallest absolute Gasteiger partial charge is 0.407 e. The number of aromatic nitrogens is 5. The number of piperazine rings is 1. The number of fused-ring (bicyclic) bond motifs is 1. The third-order valence-electron chi connectivity index (χ3n) is 7.87. The van der Waals surface area contributed by atoms with Gasteiger partial charge in [0.05, 0.1) is 29.9 Å². The molecule has 11 nitrogen and oxygen atoms in total. The number of rotatable bonds is 9. The standard InChI is InChI=1S/C26H36N8O3Si/c1-38(2,3)13-12-37-19-33-7-4-22-23(28-18-29-24(22)33)20-16-30-34(17-20)26(5-6-27)14-21(15-26)31-8-10-32(11-9-31)25(35)36/h4,7,16-18,21H,5,8-15,19H2,1-3H3,(H,35,36)/t21-,26+. The zero-order chi connectivity index (χ0) is 26.9. The normalized spacial score (nSPS) is 22.4. The van der Waals surface area contributed by atoms with Crippen LogP contribution in [0.4, 0.5) is 4.79 Å². The Morgan fingerprint density at radius 1 is 1.24 bits per heavy atom. The second-order valence-electron chi connectivity index (χ2n) is 11.7. The number of hydrogen-bond donors (Lipinski definition) is 1. The Morgan fingerprint density at radius 2 is 2.00 bits per heavy atom. The molecule has 1 saturated heterocycles. The van der Waals surface area contributed by atoms with Crippen LogP contribution in [0, 0.1) is 11.3 Å². The van der Waals surface area contributed by atoms with Crippen LogP contribution in [-0.4, -0.2) is 92.2 Å². The molecule has 38 heavy (non-hydrogen) atoms. The van der Waals surface area contributed by atoms with Crippen LogP contribution in [0.5, 0.6) is 0 Å². The lowest BCUT2D eigenvalue weighted by atomic mass is 9.70. The van der Waals surface area contributed by atoms with Crippen LogP contribution in [-0.2, 0) is 17.0 Å². The predicted octanol–water partition coefficient (Wildman–Crippen LogP) is 3.67. The maximum absolute atomic E-state index is 11.2. The first-order valence-corrected chi connectivity index (χ1v) is 16.9. The van der Waals surface area contributed by atoms with Gasteiger partial charge in [0.25, 0.3) is 0 Å². The van der Waals surface area contributed by atoms with E-state index in [4.69, 9.17) is 9.84 Å². The molecule has 2 aliphatic rings. The van der Waals surface area contributed by atoms with E-state index in [0.717, 1.165) is 60.9 Å². The van der Waals surface area contributed by atoms with Crippen LogP contribution in [0.3, 0.4) is 0 Å². The third-order valence-corrected chi connectivity index (χ3v) is 9.57. The number of ether oxygens (including phenoxy) is 1. The molecule has 0 radical (unpaired) electrons. The Hall–Kier alpha value is -3.27. The molecule has 5 rings (SSSR count). The second-order valence-corrected chi connectivity index (χ2v) is 17.3. The van der Waals surface area contributed by atoms with Crippen molar-refractivity contribution in [1.29, 1.82) is 5.26 Å². The Balaban J connectivity index is 1.28. The van der Waals surface area contributed by atoms with Gasteiger partial charge in [0.1, 0.15) is 18.7 Å². The molecule has 202 valence electrons. The Labute approximate surface area is 223 Å². The number of carbonyl (C=O) groups is 1. The molecule has 1 saturated carbocycles.